The Morgan fingerprint density at radius 3 is 2.60 bits per heavy atom. The maximum Gasteiger partial charge on any atom is 0.253 e. The first-order valence-electron chi connectivity index (χ1n) is 9.28. The summed E-state index contributed by atoms with van der Waals surface area (Å²) in [6.07, 6.45) is 1.47. The van der Waals surface area contributed by atoms with Gasteiger partial charge in [-0.2, -0.15) is 0 Å². The molecule has 0 aliphatic carbocycles. The second kappa shape index (κ2) is 8.91. The molecule has 1 N–H and O–H groups in total. The Bertz CT molecular complexity index is 1120. The van der Waals surface area contributed by atoms with E-state index in [0.717, 1.165) is 11.3 Å². The molecule has 7 heteroatoms. The molecule has 0 spiro atoms. The van der Waals surface area contributed by atoms with Crippen LogP contribution < -0.4 is 14.8 Å². The molecule has 0 saturated heterocycles. The summed E-state index contributed by atoms with van der Waals surface area (Å²) in [6, 6.07) is 21.9. The van der Waals surface area contributed by atoms with Gasteiger partial charge in [-0.3, -0.25) is 4.79 Å². The standard InChI is InChI=1S/C23H19N3O4/c1-28-19-9-5-6-16(12-19)21-13-20(30-26-21)15-25-23(27)17-10-11-22(24-14-17)29-18-7-3-2-4-8-18/h2-14H,15H2,1H3,(H,25,27). The Balaban J connectivity index is 1.35. The lowest BCUT2D eigenvalue weighted by Crippen LogP contribution is -2.22. The molecular weight excluding hydrogens is 382 g/mol. The second-order valence-corrected chi connectivity index (χ2v) is 6.39. The molecule has 150 valence electrons. The number of ether oxygens (including phenoxy) is 2. The summed E-state index contributed by atoms with van der Waals surface area (Å²) in [5.74, 6) is 2.10. The topological polar surface area (TPSA) is 86.5 Å². The summed E-state index contributed by atoms with van der Waals surface area (Å²) in [4.78, 5) is 16.6. The minimum absolute atomic E-state index is 0.206. The summed E-state index contributed by atoms with van der Waals surface area (Å²) in [5, 5.41) is 6.85. The zero-order valence-electron chi connectivity index (χ0n) is 16.2. The zero-order chi connectivity index (χ0) is 20.8. The van der Waals surface area contributed by atoms with Gasteiger partial charge in [0.05, 0.1) is 19.2 Å². The molecule has 30 heavy (non-hydrogen) atoms. The third-order valence-electron chi connectivity index (χ3n) is 4.31. The number of nitrogens with one attached hydrogen (secondary N) is 1. The van der Waals surface area contributed by atoms with E-state index in [1.807, 2.05) is 54.6 Å². The van der Waals surface area contributed by atoms with Crippen LogP contribution in [0.1, 0.15) is 16.1 Å². The van der Waals surface area contributed by atoms with Crippen molar-refractivity contribution in [3.05, 3.63) is 90.3 Å². The van der Waals surface area contributed by atoms with Crippen LogP contribution in [0.25, 0.3) is 11.3 Å². The molecule has 0 aliphatic heterocycles. The van der Waals surface area contributed by atoms with Gasteiger partial charge in [-0.15, -0.1) is 0 Å². The van der Waals surface area contributed by atoms with Crippen molar-refractivity contribution in [1.82, 2.24) is 15.5 Å². The quantitative estimate of drug-likeness (QED) is 0.492. The molecule has 0 saturated carbocycles. The number of methoxy groups -OCH3 is 1. The monoisotopic (exact) mass is 401 g/mol. The van der Waals surface area contributed by atoms with Crippen LogP contribution >= 0.6 is 0 Å². The van der Waals surface area contributed by atoms with E-state index < -0.39 is 0 Å². The third-order valence-corrected chi connectivity index (χ3v) is 4.31. The van der Waals surface area contributed by atoms with Gasteiger partial charge in [0, 0.05) is 23.9 Å². The van der Waals surface area contributed by atoms with Crippen LogP contribution in [-0.4, -0.2) is 23.2 Å². The van der Waals surface area contributed by atoms with Crippen molar-refractivity contribution in [2.75, 3.05) is 7.11 Å². The van der Waals surface area contributed by atoms with Crippen LogP contribution in [0, 0.1) is 0 Å². The molecule has 2 aromatic carbocycles. The molecule has 0 bridgehead atoms. The number of hydrogen-bond donors (Lipinski definition) is 1. The Kier molecular flexibility index (Phi) is 5.70. The fraction of sp³-hybridized carbons (Fsp3) is 0.0870. The summed E-state index contributed by atoms with van der Waals surface area (Å²) in [6.45, 7) is 0.206. The lowest BCUT2D eigenvalue weighted by atomic mass is 10.1. The minimum atomic E-state index is -0.270. The lowest BCUT2D eigenvalue weighted by molar-refractivity contribution is 0.0946. The molecule has 0 unspecified atom stereocenters. The number of carbonyl (C=O) groups excluding carboxylic acids is 1. The van der Waals surface area contributed by atoms with Crippen LogP contribution in [0.15, 0.2) is 83.5 Å². The van der Waals surface area contributed by atoms with Crippen LogP contribution in [0.4, 0.5) is 0 Å². The van der Waals surface area contributed by atoms with E-state index in [2.05, 4.69) is 15.5 Å². The van der Waals surface area contributed by atoms with Crippen molar-refractivity contribution in [3.8, 4) is 28.6 Å². The number of rotatable bonds is 7. The third kappa shape index (κ3) is 4.64. The highest BCUT2D eigenvalue weighted by atomic mass is 16.5. The van der Waals surface area contributed by atoms with Crippen LogP contribution in [0.5, 0.6) is 17.4 Å². The summed E-state index contributed by atoms with van der Waals surface area (Å²) < 4.78 is 16.2. The van der Waals surface area contributed by atoms with Crippen LogP contribution in [0.3, 0.4) is 0 Å². The highest BCUT2D eigenvalue weighted by Gasteiger charge is 2.11. The van der Waals surface area contributed by atoms with E-state index >= 15 is 0 Å². The van der Waals surface area contributed by atoms with Gasteiger partial charge < -0.3 is 19.3 Å². The van der Waals surface area contributed by atoms with Crippen LogP contribution in [-0.2, 0) is 6.54 Å². The molecule has 0 fully saturated rings. The molecule has 0 radical (unpaired) electrons. The first-order valence-corrected chi connectivity index (χ1v) is 9.28. The van der Waals surface area contributed by atoms with E-state index in [0.29, 0.717) is 28.6 Å². The Labute approximate surface area is 173 Å². The van der Waals surface area contributed by atoms with E-state index in [1.165, 1.54) is 6.20 Å². The van der Waals surface area contributed by atoms with Crippen molar-refractivity contribution in [1.29, 1.82) is 0 Å². The largest absolute Gasteiger partial charge is 0.497 e. The molecule has 7 nitrogen and oxygen atoms in total. The highest BCUT2D eigenvalue weighted by Crippen LogP contribution is 2.23. The lowest BCUT2D eigenvalue weighted by Gasteiger charge is -2.06. The SMILES string of the molecule is COc1cccc(-c2cc(CNC(=O)c3ccc(Oc4ccccc4)nc3)on2)c1. The Hall–Kier alpha value is -4.13. The van der Waals surface area contributed by atoms with Gasteiger partial charge in [0.2, 0.25) is 5.88 Å². The number of nitrogens with zero attached hydrogens (tertiary/aromatic N) is 2. The zero-order valence-corrected chi connectivity index (χ0v) is 16.2. The number of carbonyl (C=O) groups is 1. The summed E-state index contributed by atoms with van der Waals surface area (Å²) in [7, 11) is 1.61. The number of para-hydroxylation sites is 1. The molecule has 0 aliphatic rings. The van der Waals surface area contributed by atoms with Gasteiger partial charge in [-0.1, -0.05) is 35.5 Å². The fourth-order valence-electron chi connectivity index (χ4n) is 2.77. The van der Waals surface area contributed by atoms with Gasteiger partial charge in [0.1, 0.15) is 17.2 Å². The number of benzene rings is 2. The van der Waals surface area contributed by atoms with Gasteiger partial charge in [-0.25, -0.2) is 4.98 Å². The Morgan fingerprint density at radius 2 is 1.83 bits per heavy atom. The second-order valence-electron chi connectivity index (χ2n) is 6.39. The number of amides is 1. The summed E-state index contributed by atoms with van der Waals surface area (Å²) in [5.41, 5.74) is 1.96. The van der Waals surface area contributed by atoms with E-state index in [-0.39, 0.29) is 12.5 Å². The maximum absolute atomic E-state index is 12.4. The smallest absolute Gasteiger partial charge is 0.253 e. The molecule has 2 heterocycles. The average molecular weight is 401 g/mol. The number of pyridine rings is 1. The van der Waals surface area contributed by atoms with Gasteiger partial charge in [-0.05, 0) is 30.3 Å². The number of aromatic nitrogens is 2. The van der Waals surface area contributed by atoms with E-state index in [4.69, 9.17) is 14.0 Å². The van der Waals surface area contributed by atoms with E-state index in [9.17, 15) is 4.79 Å². The molecule has 2 aromatic heterocycles. The van der Waals surface area contributed by atoms with Crippen molar-refractivity contribution >= 4 is 5.91 Å². The average Bonchev–Trinajstić information content (AvgIpc) is 3.28. The molecular formula is C23H19N3O4. The summed E-state index contributed by atoms with van der Waals surface area (Å²) >= 11 is 0. The van der Waals surface area contributed by atoms with Crippen LogP contribution in [0.2, 0.25) is 0 Å². The maximum atomic E-state index is 12.4. The molecule has 4 rings (SSSR count). The van der Waals surface area contributed by atoms with Crippen molar-refractivity contribution in [2.24, 2.45) is 0 Å². The minimum Gasteiger partial charge on any atom is -0.497 e. The van der Waals surface area contributed by atoms with Crippen molar-refractivity contribution in [2.45, 2.75) is 6.54 Å². The molecule has 0 atom stereocenters. The first kappa shape index (κ1) is 19.2. The Morgan fingerprint density at radius 1 is 1.00 bits per heavy atom. The van der Waals surface area contributed by atoms with Crippen molar-refractivity contribution in [3.63, 3.8) is 0 Å². The molecule has 4 aromatic rings. The highest BCUT2D eigenvalue weighted by molar-refractivity contribution is 5.93. The van der Waals surface area contributed by atoms with Gasteiger partial charge in [0.25, 0.3) is 5.91 Å². The van der Waals surface area contributed by atoms with E-state index in [1.54, 1.807) is 25.3 Å². The first-order chi connectivity index (χ1) is 14.7. The van der Waals surface area contributed by atoms with Crippen molar-refractivity contribution < 1.29 is 18.8 Å². The predicted molar refractivity (Wildman–Crippen MR) is 110 cm³/mol. The van der Waals surface area contributed by atoms with Gasteiger partial charge in [0.15, 0.2) is 5.76 Å². The molecule has 1 amide bonds. The number of hydrogen-bond acceptors (Lipinski definition) is 6. The fourth-order valence-corrected chi connectivity index (χ4v) is 2.77. The van der Waals surface area contributed by atoms with Gasteiger partial charge >= 0.3 is 0 Å². The normalized spacial score (nSPS) is 10.4. The predicted octanol–water partition coefficient (Wildman–Crippen LogP) is 4.47.